The van der Waals surface area contributed by atoms with Gasteiger partial charge in [0.15, 0.2) is 0 Å². The fourth-order valence-corrected chi connectivity index (χ4v) is 2.57. The van der Waals surface area contributed by atoms with Gasteiger partial charge in [-0.3, -0.25) is 0 Å². The molecule has 2 N–H and O–H groups in total. The van der Waals surface area contributed by atoms with E-state index in [4.69, 9.17) is 5.11 Å². The third-order valence-corrected chi connectivity index (χ3v) is 4.05. The third kappa shape index (κ3) is 3.76. The predicted octanol–water partition coefficient (Wildman–Crippen LogP) is 2.42. The first-order chi connectivity index (χ1) is 7.04. The summed E-state index contributed by atoms with van der Waals surface area (Å²) in [5, 5.41) is 12.8. The summed E-state index contributed by atoms with van der Waals surface area (Å²) in [6.07, 6.45) is 3.99. The van der Waals surface area contributed by atoms with Crippen LogP contribution in [0.2, 0.25) is 0 Å². The molecule has 1 rings (SSSR count). The van der Waals surface area contributed by atoms with Crippen LogP contribution in [-0.2, 0) is 0 Å². The van der Waals surface area contributed by atoms with Gasteiger partial charge in [0.2, 0.25) is 0 Å². The number of aliphatic hydroxyl groups excluding tert-OH is 1. The molecule has 1 aliphatic rings. The number of hydrogen-bond donors (Lipinski definition) is 2. The molecule has 0 aromatic carbocycles. The molecular formula is C13H27NO. The van der Waals surface area contributed by atoms with Gasteiger partial charge in [-0.05, 0) is 43.9 Å². The van der Waals surface area contributed by atoms with E-state index in [1.165, 1.54) is 19.3 Å². The van der Waals surface area contributed by atoms with Gasteiger partial charge in [-0.2, -0.15) is 0 Å². The zero-order chi connectivity index (χ0) is 11.4. The molecule has 0 spiro atoms. The van der Waals surface area contributed by atoms with Crippen LogP contribution in [0.4, 0.5) is 0 Å². The summed E-state index contributed by atoms with van der Waals surface area (Å²) in [4.78, 5) is 0. The molecule has 0 aromatic heterocycles. The van der Waals surface area contributed by atoms with Crippen LogP contribution in [0.15, 0.2) is 0 Å². The van der Waals surface area contributed by atoms with Crippen LogP contribution in [0.3, 0.4) is 0 Å². The van der Waals surface area contributed by atoms with Crippen LogP contribution in [0, 0.1) is 17.8 Å². The fourth-order valence-electron chi connectivity index (χ4n) is 2.57. The van der Waals surface area contributed by atoms with E-state index in [0.717, 1.165) is 11.8 Å². The minimum Gasteiger partial charge on any atom is -0.396 e. The summed E-state index contributed by atoms with van der Waals surface area (Å²) < 4.78 is 0. The Balaban J connectivity index is 2.37. The standard InChI is InChI=1S/C13H27NO/c1-9-5-6-13(10(2)7-9)14-12(4)11(3)8-15/h9-15H,5-8H2,1-4H3. The van der Waals surface area contributed by atoms with E-state index in [-0.39, 0.29) is 6.61 Å². The lowest BCUT2D eigenvalue weighted by atomic mass is 9.79. The largest absolute Gasteiger partial charge is 0.396 e. The summed E-state index contributed by atoms with van der Waals surface area (Å²) >= 11 is 0. The molecule has 1 fully saturated rings. The van der Waals surface area contributed by atoms with Crippen molar-refractivity contribution in [2.75, 3.05) is 6.61 Å². The van der Waals surface area contributed by atoms with E-state index >= 15 is 0 Å². The van der Waals surface area contributed by atoms with Gasteiger partial charge in [0, 0.05) is 18.7 Å². The Bertz CT molecular complexity index is 183. The van der Waals surface area contributed by atoms with Gasteiger partial charge in [0.1, 0.15) is 0 Å². The van der Waals surface area contributed by atoms with Crippen LogP contribution in [0.1, 0.15) is 47.0 Å². The Morgan fingerprint density at radius 2 is 1.93 bits per heavy atom. The monoisotopic (exact) mass is 213 g/mol. The van der Waals surface area contributed by atoms with E-state index in [1.54, 1.807) is 0 Å². The van der Waals surface area contributed by atoms with E-state index in [0.29, 0.717) is 18.0 Å². The lowest BCUT2D eigenvalue weighted by molar-refractivity contribution is 0.167. The zero-order valence-corrected chi connectivity index (χ0v) is 10.7. The molecular weight excluding hydrogens is 186 g/mol. The van der Waals surface area contributed by atoms with Crippen molar-refractivity contribution in [3.8, 4) is 0 Å². The van der Waals surface area contributed by atoms with Gasteiger partial charge in [-0.15, -0.1) is 0 Å². The van der Waals surface area contributed by atoms with E-state index in [1.807, 2.05) is 0 Å². The Morgan fingerprint density at radius 1 is 1.27 bits per heavy atom. The van der Waals surface area contributed by atoms with Crippen LogP contribution < -0.4 is 5.32 Å². The number of nitrogens with one attached hydrogen (secondary N) is 1. The number of hydrogen-bond acceptors (Lipinski definition) is 2. The maximum absolute atomic E-state index is 9.10. The highest BCUT2D eigenvalue weighted by atomic mass is 16.3. The summed E-state index contributed by atoms with van der Waals surface area (Å²) in [6, 6.07) is 1.08. The van der Waals surface area contributed by atoms with Crippen LogP contribution in [0.25, 0.3) is 0 Å². The second-order valence-electron chi connectivity index (χ2n) is 5.62. The maximum Gasteiger partial charge on any atom is 0.0471 e. The molecule has 1 aliphatic carbocycles. The average molecular weight is 213 g/mol. The molecule has 90 valence electrons. The number of rotatable bonds is 4. The molecule has 15 heavy (non-hydrogen) atoms. The highest BCUT2D eigenvalue weighted by Gasteiger charge is 2.26. The summed E-state index contributed by atoms with van der Waals surface area (Å²) in [7, 11) is 0. The topological polar surface area (TPSA) is 32.3 Å². The smallest absolute Gasteiger partial charge is 0.0471 e. The first kappa shape index (κ1) is 13.0. The van der Waals surface area contributed by atoms with Crippen molar-refractivity contribution in [2.45, 2.75) is 59.0 Å². The van der Waals surface area contributed by atoms with Crippen molar-refractivity contribution in [1.82, 2.24) is 5.32 Å². The predicted molar refractivity (Wildman–Crippen MR) is 64.8 cm³/mol. The average Bonchev–Trinajstić information content (AvgIpc) is 2.20. The zero-order valence-electron chi connectivity index (χ0n) is 10.7. The van der Waals surface area contributed by atoms with Crippen molar-refractivity contribution in [1.29, 1.82) is 0 Å². The third-order valence-electron chi connectivity index (χ3n) is 4.05. The van der Waals surface area contributed by atoms with Crippen molar-refractivity contribution in [2.24, 2.45) is 17.8 Å². The Kier molecular flexibility index (Phi) is 5.07. The normalized spacial score (nSPS) is 36.2. The van der Waals surface area contributed by atoms with E-state index in [2.05, 4.69) is 33.0 Å². The molecule has 1 saturated carbocycles. The van der Waals surface area contributed by atoms with Gasteiger partial charge in [-0.1, -0.05) is 20.8 Å². The van der Waals surface area contributed by atoms with Gasteiger partial charge >= 0.3 is 0 Å². The minimum absolute atomic E-state index is 0.283. The van der Waals surface area contributed by atoms with E-state index < -0.39 is 0 Å². The highest BCUT2D eigenvalue weighted by molar-refractivity contribution is 4.83. The van der Waals surface area contributed by atoms with Crippen molar-refractivity contribution >= 4 is 0 Å². The highest BCUT2D eigenvalue weighted by Crippen LogP contribution is 2.29. The molecule has 2 heteroatoms. The molecule has 0 aliphatic heterocycles. The quantitative estimate of drug-likeness (QED) is 0.751. The molecule has 0 radical (unpaired) electrons. The van der Waals surface area contributed by atoms with Crippen LogP contribution in [-0.4, -0.2) is 23.8 Å². The Labute approximate surface area is 94.5 Å². The molecule has 5 atom stereocenters. The summed E-state index contributed by atoms with van der Waals surface area (Å²) in [5.74, 6) is 2.03. The Morgan fingerprint density at radius 3 is 2.47 bits per heavy atom. The van der Waals surface area contributed by atoms with Gasteiger partial charge in [0.25, 0.3) is 0 Å². The van der Waals surface area contributed by atoms with Gasteiger partial charge in [-0.25, -0.2) is 0 Å². The number of aliphatic hydroxyl groups is 1. The SMILES string of the molecule is CC1CCC(NC(C)C(C)CO)C(C)C1. The molecule has 5 unspecified atom stereocenters. The summed E-state index contributed by atoms with van der Waals surface area (Å²) in [6.45, 7) is 9.28. The molecule has 0 heterocycles. The Hall–Kier alpha value is -0.0800. The lowest BCUT2D eigenvalue weighted by Gasteiger charge is -2.36. The second kappa shape index (κ2) is 5.86. The molecule has 2 nitrogen and oxygen atoms in total. The van der Waals surface area contributed by atoms with Crippen molar-refractivity contribution < 1.29 is 5.11 Å². The van der Waals surface area contributed by atoms with Gasteiger partial charge < -0.3 is 10.4 Å². The molecule has 0 amide bonds. The van der Waals surface area contributed by atoms with Crippen molar-refractivity contribution in [3.63, 3.8) is 0 Å². The molecule has 0 saturated heterocycles. The van der Waals surface area contributed by atoms with Crippen LogP contribution in [0.5, 0.6) is 0 Å². The minimum atomic E-state index is 0.283. The van der Waals surface area contributed by atoms with E-state index in [9.17, 15) is 0 Å². The van der Waals surface area contributed by atoms with Crippen LogP contribution >= 0.6 is 0 Å². The summed E-state index contributed by atoms with van der Waals surface area (Å²) in [5.41, 5.74) is 0. The lowest BCUT2D eigenvalue weighted by Crippen LogP contribution is -2.46. The van der Waals surface area contributed by atoms with Gasteiger partial charge in [0.05, 0.1) is 0 Å². The van der Waals surface area contributed by atoms with Crippen molar-refractivity contribution in [3.05, 3.63) is 0 Å². The fraction of sp³-hybridized carbons (Fsp3) is 1.00. The maximum atomic E-state index is 9.10. The molecule has 0 bridgehead atoms. The first-order valence-electron chi connectivity index (χ1n) is 6.41. The molecule has 0 aromatic rings. The first-order valence-corrected chi connectivity index (χ1v) is 6.41. The second-order valence-corrected chi connectivity index (χ2v) is 5.62.